The van der Waals surface area contributed by atoms with Gasteiger partial charge in [0, 0.05) is 17.1 Å². The van der Waals surface area contributed by atoms with Crippen molar-refractivity contribution >= 4 is 22.6 Å². The van der Waals surface area contributed by atoms with E-state index < -0.39 is 0 Å². The van der Waals surface area contributed by atoms with Crippen LogP contribution in [0.3, 0.4) is 0 Å². The Kier molecular flexibility index (Phi) is 4.89. The van der Waals surface area contributed by atoms with Crippen LogP contribution in [0.1, 0.15) is 27.2 Å². The number of carbonyl (C=O) groups is 1. The topological polar surface area (TPSA) is 85.6 Å². The lowest BCUT2D eigenvalue weighted by Gasteiger charge is -2.07. The van der Waals surface area contributed by atoms with Crippen LogP contribution in [0.5, 0.6) is 0 Å². The zero-order valence-corrected chi connectivity index (χ0v) is 16.8. The molecule has 0 aliphatic carbocycles. The molecule has 146 valence electrons. The van der Waals surface area contributed by atoms with E-state index in [4.69, 9.17) is 0 Å². The second-order valence-corrected chi connectivity index (χ2v) is 7.31. The molecule has 0 atom stereocenters. The van der Waals surface area contributed by atoms with Crippen LogP contribution in [0.15, 0.2) is 42.5 Å². The van der Waals surface area contributed by atoms with E-state index >= 15 is 0 Å². The highest BCUT2D eigenvalue weighted by atomic mass is 32.1. The molecule has 2 aromatic heterocycles. The largest absolute Gasteiger partial charge is 0.297 e. The molecule has 0 saturated heterocycles. The Morgan fingerprint density at radius 1 is 1.10 bits per heavy atom. The Morgan fingerprint density at radius 3 is 2.66 bits per heavy atom. The van der Waals surface area contributed by atoms with Crippen molar-refractivity contribution in [2.24, 2.45) is 0 Å². The van der Waals surface area contributed by atoms with Crippen molar-refractivity contribution in [3.63, 3.8) is 0 Å². The van der Waals surface area contributed by atoms with Crippen molar-refractivity contribution in [1.82, 2.24) is 24.4 Å². The third-order valence-corrected chi connectivity index (χ3v) is 5.16. The lowest BCUT2D eigenvalue weighted by atomic mass is 10.1. The Balaban J connectivity index is 1.60. The molecule has 0 bridgehead atoms. The van der Waals surface area contributed by atoms with E-state index in [0.717, 1.165) is 28.3 Å². The van der Waals surface area contributed by atoms with Gasteiger partial charge < -0.3 is 0 Å². The summed E-state index contributed by atoms with van der Waals surface area (Å²) in [7, 11) is 0. The maximum Gasteiger partial charge on any atom is 0.257 e. The smallest absolute Gasteiger partial charge is 0.257 e. The number of hydrogen-bond acceptors (Lipinski definition) is 6. The van der Waals surface area contributed by atoms with Crippen LogP contribution in [0.2, 0.25) is 0 Å². The summed E-state index contributed by atoms with van der Waals surface area (Å²) in [6.07, 6.45) is 0. The van der Waals surface area contributed by atoms with E-state index in [9.17, 15) is 9.18 Å². The van der Waals surface area contributed by atoms with Gasteiger partial charge in [-0.2, -0.15) is 9.36 Å². The molecule has 29 heavy (non-hydrogen) atoms. The summed E-state index contributed by atoms with van der Waals surface area (Å²) < 4.78 is 19.3. The molecule has 2 aromatic carbocycles. The van der Waals surface area contributed by atoms with E-state index in [-0.39, 0.29) is 11.7 Å². The Bertz CT molecular complexity index is 1220. The first kappa shape index (κ1) is 18.9. The molecular weight excluding hydrogens is 391 g/mol. The molecule has 7 nitrogen and oxygen atoms in total. The first-order valence-corrected chi connectivity index (χ1v) is 9.61. The van der Waals surface area contributed by atoms with Crippen molar-refractivity contribution in [3.8, 4) is 17.2 Å². The maximum atomic E-state index is 13.4. The molecule has 9 heteroatoms. The Morgan fingerprint density at radius 2 is 1.90 bits per heavy atom. The van der Waals surface area contributed by atoms with Gasteiger partial charge in [-0.1, -0.05) is 23.4 Å². The summed E-state index contributed by atoms with van der Waals surface area (Å²) in [6.45, 7) is 5.52. The lowest BCUT2D eigenvalue weighted by Crippen LogP contribution is -2.13. The molecule has 2 heterocycles. The molecule has 0 aliphatic heterocycles. The summed E-state index contributed by atoms with van der Waals surface area (Å²) in [5, 5.41) is 11.5. The summed E-state index contributed by atoms with van der Waals surface area (Å²) in [4.78, 5) is 16.8. The Labute approximate surface area is 170 Å². The number of nitrogens with one attached hydrogen (secondary N) is 1. The number of amides is 1. The van der Waals surface area contributed by atoms with Gasteiger partial charge in [-0.3, -0.25) is 10.1 Å². The second-order valence-electron chi connectivity index (χ2n) is 6.56. The fourth-order valence-corrected chi connectivity index (χ4v) is 3.55. The van der Waals surface area contributed by atoms with E-state index in [1.807, 2.05) is 32.0 Å². The van der Waals surface area contributed by atoms with Gasteiger partial charge in [-0.15, -0.1) is 5.10 Å². The minimum Gasteiger partial charge on any atom is -0.297 e. The first-order chi connectivity index (χ1) is 13.9. The predicted molar refractivity (Wildman–Crippen MR) is 109 cm³/mol. The van der Waals surface area contributed by atoms with Gasteiger partial charge in [0.25, 0.3) is 5.91 Å². The number of rotatable bonds is 4. The van der Waals surface area contributed by atoms with E-state index in [0.29, 0.717) is 27.9 Å². The molecule has 0 fully saturated rings. The number of carbonyl (C=O) groups excluding carboxylic acids is 1. The number of hydrogen-bond donors (Lipinski definition) is 1. The standard InChI is InChI=1S/C20H17FN6OS/c1-11-6-4-5-7-15(11)19(28)23-20-22-18(25-29-20)17-13(3)27(26-24-17)16-9-8-14(21)10-12(16)2/h4-10H,1-3H3,(H,22,23,25,28). The molecule has 1 amide bonds. The monoisotopic (exact) mass is 408 g/mol. The molecule has 4 aromatic rings. The van der Waals surface area contributed by atoms with Crippen molar-refractivity contribution in [1.29, 1.82) is 0 Å². The van der Waals surface area contributed by atoms with Crippen molar-refractivity contribution in [3.05, 3.63) is 70.7 Å². The average molecular weight is 408 g/mol. The summed E-state index contributed by atoms with van der Waals surface area (Å²) in [5.41, 5.74) is 4.14. The minimum absolute atomic E-state index is 0.242. The third kappa shape index (κ3) is 3.64. The quantitative estimate of drug-likeness (QED) is 0.549. The van der Waals surface area contributed by atoms with Crippen molar-refractivity contribution < 1.29 is 9.18 Å². The molecule has 0 aliphatic rings. The van der Waals surface area contributed by atoms with Crippen LogP contribution in [-0.2, 0) is 0 Å². The van der Waals surface area contributed by atoms with Crippen LogP contribution < -0.4 is 5.32 Å². The van der Waals surface area contributed by atoms with Crippen molar-refractivity contribution in [2.45, 2.75) is 20.8 Å². The molecule has 4 rings (SSSR count). The molecule has 1 N–H and O–H groups in total. The van der Waals surface area contributed by atoms with Gasteiger partial charge in [-0.05, 0) is 56.2 Å². The second kappa shape index (κ2) is 7.51. The molecule has 0 unspecified atom stereocenters. The molecule has 0 radical (unpaired) electrons. The number of aromatic nitrogens is 5. The van der Waals surface area contributed by atoms with E-state index in [2.05, 4.69) is 25.0 Å². The molecule has 0 saturated carbocycles. The number of halogens is 1. The molecular formula is C20H17FN6OS. The summed E-state index contributed by atoms with van der Waals surface area (Å²) in [6, 6.07) is 11.8. The SMILES string of the molecule is Cc1ccccc1C(=O)Nc1nc(-c2nnn(-c3ccc(F)cc3C)c2C)ns1. The first-order valence-electron chi connectivity index (χ1n) is 8.84. The fraction of sp³-hybridized carbons (Fsp3) is 0.150. The van der Waals surface area contributed by atoms with Gasteiger partial charge in [0.1, 0.15) is 5.82 Å². The van der Waals surface area contributed by atoms with Gasteiger partial charge >= 0.3 is 0 Å². The van der Waals surface area contributed by atoms with Gasteiger partial charge in [-0.25, -0.2) is 9.07 Å². The van der Waals surface area contributed by atoms with Crippen molar-refractivity contribution in [2.75, 3.05) is 5.32 Å². The third-order valence-electron chi connectivity index (χ3n) is 4.53. The number of anilines is 1. The highest BCUT2D eigenvalue weighted by Crippen LogP contribution is 2.25. The van der Waals surface area contributed by atoms with Crippen LogP contribution in [-0.4, -0.2) is 30.3 Å². The van der Waals surface area contributed by atoms with E-state index in [1.165, 1.54) is 12.1 Å². The van der Waals surface area contributed by atoms with Gasteiger partial charge in [0.2, 0.25) is 5.13 Å². The zero-order valence-electron chi connectivity index (χ0n) is 16.0. The average Bonchev–Trinajstić information content (AvgIpc) is 3.29. The van der Waals surface area contributed by atoms with Gasteiger partial charge in [0.05, 0.1) is 11.4 Å². The lowest BCUT2D eigenvalue weighted by molar-refractivity contribution is 0.102. The number of benzene rings is 2. The van der Waals surface area contributed by atoms with Crippen LogP contribution in [0, 0.1) is 26.6 Å². The predicted octanol–water partition coefficient (Wildman–Crippen LogP) is 4.10. The van der Waals surface area contributed by atoms with Gasteiger partial charge in [0.15, 0.2) is 11.5 Å². The Hall–Kier alpha value is -3.46. The minimum atomic E-state index is -0.306. The van der Waals surface area contributed by atoms with Crippen LogP contribution >= 0.6 is 11.5 Å². The number of nitrogens with zero attached hydrogens (tertiary/aromatic N) is 5. The zero-order chi connectivity index (χ0) is 20.5. The van der Waals surface area contributed by atoms with Crippen LogP contribution in [0.4, 0.5) is 9.52 Å². The maximum absolute atomic E-state index is 13.4. The molecule has 0 spiro atoms. The summed E-state index contributed by atoms with van der Waals surface area (Å²) >= 11 is 1.07. The highest BCUT2D eigenvalue weighted by Gasteiger charge is 2.19. The van der Waals surface area contributed by atoms with E-state index in [1.54, 1.807) is 23.7 Å². The normalized spacial score (nSPS) is 10.9. The summed E-state index contributed by atoms with van der Waals surface area (Å²) in [5.74, 6) is -0.175. The number of aryl methyl sites for hydroxylation is 2. The highest BCUT2D eigenvalue weighted by molar-refractivity contribution is 7.10. The fourth-order valence-electron chi connectivity index (χ4n) is 2.98. The van der Waals surface area contributed by atoms with Crippen LogP contribution in [0.25, 0.3) is 17.2 Å².